The van der Waals surface area contributed by atoms with Gasteiger partial charge in [-0.2, -0.15) is 0 Å². The van der Waals surface area contributed by atoms with E-state index < -0.39 is 12.2 Å². The number of aliphatic hydroxyl groups excluding tert-OH is 2. The first kappa shape index (κ1) is 14.1. The third kappa shape index (κ3) is 2.80. The number of hydrogen-bond acceptors (Lipinski definition) is 6. The molecule has 2 aliphatic heterocycles. The summed E-state index contributed by atoms with van der Waals surface area (Å²) in [6, 6.07) is -0.284. The second kappa shape index (κ2) is 6.21. The maximum Gasteiger partial charge on any atom is 0.159 e. The maximum atomic E-state index is 10.1. The van der Waals surface area contributed by atoms with Crippen molar-refractivity contribution in [1.29, 1.82) is 0 Å². The molecule has 0 saturated carbocycles. The van der Waals surface area contributed by atoms with Crippen molar-refractivity contribution < 1.29 is 14.9 Å². The summed E-state index contributed by atoms with van der Waals surface area (Å²) >= 11 is 1.48. The van der Waals surface area contributed by atoms with E-state index in [1.807, 2.05) is 13.8 Å². The molecule has 4 N–H and O–H groups in total. The van der Waals surface area contributed by atoms with E-state index in [1.54, 1.807) is 0 Å². The minimum atomic E-state index is -0.876. The zero-order valence-corrected chi connectivity index (χ0v) is 11.5. The van der Waals surface area contributed by atoms with E-state index >= 15 is 0 Å². The summed E-state index contributed by atoms with van der Waals surface area (Å²) in [5.41, 5.74) is -0.183. The van der Waals surface area contributed by atoms with E-state index in [-0.39, 0.29) is 17.6 Å². The van der Waals surface area contributed by atoms with E-state index in [0.717, 1.165) is 11.7 Å². The number of likely N-dealkylation sites (N-methyl/N-ethyl adjacent to an activating group) is 1. The average molecular weight is 275 g/mol. The van der Waals surface area contributed by atoms with Gasteiger partial charge in [0.2, 0.25) is 0 Å². The van der Waals surface area contributed by atoms with Crippen molar-refractivity contribution in [1.82, 2.24) is 10.6 Å². The van der Waals surface area contributed by atoms with Gasteiger partial charge in [0, 0.05) is 13.1 Å². The Labute approximate surface area is 111 Å². The van der Waals surface area contributed by atoms with Gasteiger partial charge < -0.3 is 25.6 Å². The van der Waals surface area contributed by atoms with Crippen molar-refractivity contribution in [2.75, 3.05) is 19.6 Å². The highest BCUT2D eigenvalue weighted by molar-refractivity contribution is 8.14. The summed E-state index contributed by atoms with van der Waals surface area (Å²) in [4.78, 5) is 4.27. The van der Waals surface area contributed by atoms with E-state index in [2.05, 4.69) is 15.6 Å². The zero-order chi connectivity index (χ0) is 13.1. The zero-order valence-electron chi connectivity index (χ0n) is 10.7. The van der Waals surface area contributed by atoms with Gasteiger partial charge in [-0.3, -0.25) is 4.99 Å². The van der Waals surface area contributed by atoms with Gasteiger partial charge in [-0.25, -0.2) is 0 Å². The molecule has 7 heteroatoms. The SMILES string of the molecule is CCN=C1N[C@@H]2[C@@H](O)[C@H](O)[C@@H](CNCC)O[C@@H]2S1. The van der Waals surface area contributed by atoms with Crippen molar-refractivity contribution >= 4 is 16.9 Å². The third-order valence-corrected chi connectivity index (χ3v) is 4.22. The van der Waals surface area contributed by atoms with Gasteiger partial charge in [-0.05, 0) is 13.5 Å². The number of aliphatic hydroxyl groups is 2. The number of amidine groups is 1. The molecule has 0 unspecified atom stereocenters. The molecule has 0 aromatic rings. The highest BCUT2D eigenvalue weighted by Gasteiger charge is 2.48. The molecule has 0 aliphatic carbocycles. The predicted octanol–water partition coefficient (Wildman–Crippen LogP) is -0.876. The molecular weight excluding hydrogens is 254 g/mol. The van der Waals surface area contributed by atoms with E-state index in [4.69, 9.17) is 4.74 Å². The van der Waals surface area contributed by atoms with E-state index in [0.29, 0.717) is 13.1 Å². The molecule has 2 fully saturated rings. The fourth-order valence-electron chi connectivity index (χ4n) is 2.15. The molecule has 0 aromatic heterocycles. The van der Waals surface area contributed by atoms with Crippen molar-refractivity contribution in [3.05, 3.63) is 0 Å². The molecule has 2 heterocycles. The smallest absolute Gasteiger partial charge is 0.159 e. The lowest BCUT2D eigenvalue weighted by Gasteiger charge is -2.39. The highest BCUT2D eigenvalue weighted by atomic mass is 32.2. The molecule has 0 amide bonds. The van der Waals surface area contributed by atoms with Crippen LogP contribution in [0.2, 0.25) is 0 Å². The van der Waals surface area contributed by atoms with Crippen LogP contribution in [-0.2, 0) is 4.74 Å². The first-order valence-corrected chi connectivity index (χ1v) is 7.25. The summed E-state index contributed by atoms with van der Waals surface area (Å²) in [7, 11) is 0. The van der Waals surface area contributed by atoms with E-state index in [1.165, 1.54) is 11.8 Å². The van der Waals surface area contributed by atoms with Gasteiger partial charge >= 0.3 is 0 Å². The number of nitrogens with zero attached hydrogens (tertiary/aromatic N) is 1. The Morgan fingerprint density at radius 1 is 1.39 bits per heavy atom. The summed E-state index contributed by atoms with van der Waals surface area (Å²) in [6.07, 6.45) is -2.08. The maximum absolute atomic E-state index is 10.1. The highest BCUT2D eigenvalue weighted by Crippen LogP contribution is 2.33. The van der Waals surface area contributed by atoms with Crippen molar-refractivity contribution in [3.8, 4) is 0 Å². The van der Waals surface area contributed by atoms with Crippen LogP contribution in [0, 0.1) is 0 Å². The molecule has 0 bridgehead atoms. The second-order valence-electron chi connectivity index (χ2n) is 4.40. The molecule has 2 saturated heterocycles. The van der Waals surface area contributed by atoms with Crippen molar-refractivity contribution in [3.63, 3.8) is 0 Å². The van der Waals surface area contributed by atoms with Crippen LogP contribution in [0.15, 0.2) is 4.99 Å². The molecule has 0 aromatic carbocycles. The summed E-state index contributed by atoms with van der Waals surface area (Å²) in [6.45, 7) is 5.99. The van der Waals surface area contributed by atoms with Crippen LogP contribution in [0.4, 0.5) is 0 Å². The minimum Gasteiger partial charge on any atom is -0.388 e. The molecule has 18 heavy (non-hydrogen) atoms. The lowest BCUT2D eigenvalue weighted by atomic mass is 9.98. The molecule has 0 spiro atoms. The van der Waals surface area contributed by atoms with Crippen molar-refractivity contribution in [2.45, 2.75) is 43.6 Å². The molecule has 6 nitrogen and oxygen atoms in total. The number of fused-ring (bicyclic) bond motifs is 1. The Balaban J connectivity index is 2.02. The Morgan fingerprint density at radius 2 is 2.17 bits per heavy atom. The number of thioether (sulfide) groups is 1. The van der Waals surface area contributed by atoms with Gasteiger partial charge in [-0.15, -0.1) is 0 Å². The number of aliphatic imine (C=N–C) groups is 1. The predicted molar refractivity (Wildman–Crippen MR) is 71.7 cm³/mol. The van der Waals surface area contributed by atoms with Gasteiger partial charge in [0.15, 0.2) is 5.17 Å². The van der Waals surface area contributed by atoms with Gasteiger partial charge in [0.05, 0.1) is 6.04 Å². The minimum absolute atomic E-state index is 0.183. The first-order valence-electron chi connectivity index (χ1n) is 6.37. The number of hydrogen-bond donors (Lipinski definition) is 4. The van der Waals surface area contributed by atoms with Crippen LogP contribution in [0.5, 0.6) is 0 Å². The summed E-state index contributed by atoms with van der Waals surface area (Å²) in [5.74, 6) is 0. The van der Waals surface area contributed by atoms with Gasteiger partial charge in [0.25, 0.3) is 0 Å². The van der Waals surface area contributed by atoms with Crippen LogP contribution >= 0.6 is 11.8 Å². The normalized spacial score (nSPS) is 41.8. The van der Waals surface area contributed by atoms with Crippen LogP contribution in [0.25, 0.3) is 0 Å². The largest absolute Gasteiger partial charge is 0.388 e. The van der Waals surface area contributed by atoms with Crippen LogP contribution in [0.3, 0.4) is 0 Å². The lowest BCUT2D eigenvalue weighted by Crippen LogP contribution is -2.60. The number of nitrogens with one attached hydrogen (secondary N) is 2. The van der Waals surface area contributed by atoms with Crippen molar-refractivity contribution in [2.24, 2.45) is 4.99 Å². The Morgan fingerprint density at radius 3 is 2.83 bits per heavy atom. The summed E-state index contributed by atoms with van der Waals surface area (Å²) in [5, 5.41) is 27.2. The lowest BCUT2D eigenvalue weighted by molar-refractivity contribution is -0.153. The third-order valence-electron chi connectivity index (χ3n) is 3.12. The Kier molecular flexibility index (Phi) is 4.85. The molecule has 2 rings (SSSR count). The van der Waals surface area contributed by atoms with Crippen LogP contribution < -0.4 is 10.6 Å². The average Bonchev–Trinajstić information content (AvgIpc) is 2.75. The summed E-state index contributed by atoms with van der Waals surface area (Å²) < 4.78 is 5.82. The van der Waals surface area contributed by atoms with Crippen LogP contribution in [0.1, 0.15) is 13.8 Å². The molecule has 2 aliphatic rings. The molecular formula is C11H21N3O3S. The Hall–Kier alpha value is -0.340. The standard InChI is InChI=1S/C11H21N3O3S/c1-3-12-5-6-8(15)9(16)7-10(17-6)18-11(14-7)13-4-2/h6-10,12,15-16H,3-5H2,1-2H3,(H,13,14)/t6-,7-,8-,9-,10-/m1/s1. The van der Waals surface area contributed by atoms with Gasteiger partial charge in [0.1, 0.15) is 23.7 Å². The fourth-order valence-corrected chi connectivity index (χ4v) is 3.36. The van der Waals surface area contributed by atoms with Crippen LogP contribution in [-0.4, -0.2) is 64.8 Å². The monoisotopic (exact) mass is 275 g/mol. The Bertz CT molecular complexity index is 316. The second-order valence-corrected chi connectivity index (χ2v) is 5.49. The van der Waals surface area contributed by atoms with Gasteiger partial charge in [-0.1, -0.05) is 18.7 Å². The number of ether oxygens (including phenoxy) is 1. The molecule has 104 valence electrons. The topological polar surface area (TPSA) is 86.1 Å². The molecule has 0 radical (unpaired) electrons. The number of rotatable bonds is 4. The molecule has 5 atom stereocenters. The quantitative estimate of drug-likeness (QED) is 0.533. The van der Waals surface area contributed by atoms with E-state index in [9.17, 15) is 10.2 Å². The first-order chi connectivity index (χ1) is 8.67. The fraction of sp³-hybridized carbons (Fsp3) is 0.909.